The zero-order chi connectivity index (χ0) is 14.0. The van der Waals surface area contributed by atoms with Crippen LogP contribution in [0.15, 0.2) is 22.7 Å². The van der Waals surface area contributed by atoms with Crippen molar-refractivity contribution in [3.05, 3.63) is 35.1 Å². The van der Waals surface area contributed by atoms with Crippen LogP contribution in [0.25, 0.3) is 11.3 Å². The largest absolute Gasteiger partial charge is 0.493 e. The second kappa shape index (κ2) is 5.14. The lowest BCUT2D eigenvalue weighted by atomic mass is 10.0. The van der Waals surface area contributed by atoms with Crippen molar-refractivity contribution in [3.8, 4) is 17.0 Å². The fourth-order valence-electron chi connectivity index (χ4n) is 1.83. The number of aromatic nitrogens is 1. The van der Waals surface area contributed by atoms with E-state index in [4.69, 9.17) is 14.4 Å². The maximum Gasteiger partial charge on any atom is 0.374 e. The zero-order valence-electron chi connectivity index (χ0n) is 11.1. The summed E-state index contributed by atoms with van der Waals surface area (Å²) in [6.07, 6.45) is 0. The third kappa shape index (κ3) is 2.45. The molecule has 0 aliphatic carbocycles. The molecular weight excluding hydrogens is 246 g/mol. The van der Waals surface area contributed by atoms with Crippen LogP contribution in [0.4, 0.5) is 0 Å². The van der Waals surface area contributed by atoms with Crippen LogP contribution in [0.2, 0.25) is 0 Å². The second-order valence-corrected chi connectivity index (χ2v) is 4.20. The summed E-state index contributed by atoms with van der Waals surface area (Å²) in [6, 6.07) is 5.20. The molecule has 0 saturated carbocycles. The van der Waals surface area contributed by atoms with Gasteiger partial charge >= 0.3 is 5.97 Å². The molecule has 1 heterocycles. The number of hydrogen-bond donors (Lipinski definition) is 1. The molecule has 0 unspecified atom stereocenters. The molecule has 0 radical (unpaired) electrons. The van der Waals surface area contributed by atoms with E-state index >= 15 is 0 Å². The molecule has 1 aromatic carbocycles. The standard InChI is InChI=1S/C14H15NO4/c1-4-18-13-9(3)8(2)5-6-10(13)11-7-12(14(16)17)19-15-11/h5-7H,4H2,1-3H3,(H,16,17). The van der Waals surface area contributed by atoms with Gasteiger partial charge in [0, 0.05) is 11.6 Å². The van der Waals surface area contributed by atoms with Crippen molar-refractivity contribution in [1.82, 2.24) is 5.16 Å². The highest BCUT2D eigenvalue weighted by molar-refractivity contribution is 5.86. The molecule has 1 N–H and O–H groups in total. The minimum absolute atomic E-state index is 0.185. The Balaban J connectivity index is 2.54. The SMILES string of the molecule is CCOc1c(-c2cc(C(=O)O)on2)ccc(C)c1C. The molecule has 0 aliphatic heterocycles. The first-order valence-corrected chi connectivity index (χ1v) is 5.98. The number of carboxylic acids is 1. The van der Waals surface area contributed by atoms with Gasteiger partial charge in [0.1, 0.15) is 11.4 Å². The second-order valence-electron chi connectivity index (χ2n) is 4.20. The third-order valence-electron chi connectivity index (χ3n) is 2.96. The zero-order valence-corrected chi connectivity index (χ0v) is 11.1. The van der Waals surface area contributed by atoms with E-state index in [-0.39, 0.29) is 5.76 Å². The van der Waals surface area contributed by atoms with E-state index in [1.807, 2.05) is 32.9 Å². The van der Waals surface area contributed by atoms with Crippen molar-refractivity contribution in [2.24, 2.45) is 0 Å². The van der Waals surface area contributed by atoms with Gasteiger partial charge < -0.3 is 14.4 Å². The van der Waals surface area contributed by atoms with Crippen LogP contribution in [-0.2, 0) is 0 Å². The van der Waals surface area contributed by atoms with Crippen LogP contribution in [0.3, 0.4) is 0 Å². The van der Waals surface area contributed by atoms with Crippen molar-refractivity contribution in [2.75, 3.05) is 6.61 Å². The number of nitrogens with zero attached hydrogens (tertiary/aromatic N) is 1. The molecule has 0 aliphatic rings. The van der Waals surface area contributed by atoms with Crippen molar-refractivity contribution in [2.45, 2.75) is 20.8 Å². The first kappa shape index (κ1) is 13.1. The highest BCUT2D eigenvalue weighted by Crippen LogP contribution is 2.34. The van der Waals surface area contributed by atoms with Crippen LogP contribution < -0.4 is 4.74 Å². The molecule has 0 atom stereocenters. The van der Waals surface area contributed by atoms with E-state index < -0.39 is 5.97 Å². The molecular formula is C14H15NO4. The van der Waals surface area contributed by atoms with Gasteiger partial charge in [0.15, 0.2) is 0 Å². The Morgan fingerprint density at radius 1 is 1.42 bits per heavy atom. The molecule has 0 saturated heterocycles. The lowest BCUT2D eigenvalue weighted by Crippen LogP contribution is -1.98. The smallest absolute Gasteiger partial charge is 0.374 e. The molecule has 5 heteroatoms. The van der Waals surface area contributed by atoms with Crippen LogP contribution in [0, 0.1) is 13.8 Å². The van der Waals surface area contributed by atoms with Crippen molar-refractivity contribution in [3.63, 3.8) is 0 Å². The first-order chi connectivity index (χ1) is 9.04. The number of aryl methyl sites for hydroxylation is 1. The fourth-order valence-corrected chi connectivity index (χ4v) is 1.83. The average molecular weight is 261 g/mol. The maximum atomic E-state index is 10.8. The summed E-state index contributed by atoms with van der Waals surface area (Å²) in [6.45, 7) is 6.38. The highest BCUT2D eigenvalue weighted by atomic mass is 16.5. The predicted octanol–water partition coefficient (Wildman–Crippen LogP) is 3.06. The van der Waals surface area contributed by atoms with E-state index in [9.17, 15) is 4.79 Å². The number of hydrogen-bond acceptors (Lipinski definition) is 4. The number of carbonyl (C=O) groups is 1. The highest BCUT2D eigenvalue weighted by Gasteiger charge is 2.17. The summed E-state index contributed by atoms with van der Waals surface area (Å²) in [7, 11) is 0. The van der Waals surface area contributed by atoms with Gasteiger partial charge in [-0.05, 0) is 38.0 Å². The quantitative estimate of drug-likeness (QED) is 0.915. The van der Waals surface area contributed by atoms with Crippen molar-refractivity contribution >= 4 is 5.97 Å². The molecule has 0 spiro atoms. The van der Waals surface area contributed by atoms with E-state index in [2.05, 4.69) is 5.16 Å². The molecule has 2 aromatic rings. The molecule has 0 bridgehead atoms. The Labute approximate surface area is 110 Å². The monoisotopic (exact) mass is 261 g/mol. The van der Waals surface area contributed by atoms with Gasteiger partial charge in [0.2, 0.25) is 5.76 Å². The summed E-state index contributed by atoms with van der Waals surface area (Å²) in [5.74, 6) is -0.607. The van der Waals surface area contributed by atoms with Gasteiger partial charge in [-0.25, -0.2) is 4.79 Å². The lowest BCUT2D eigenvalue weighted by molar-refractivity contribution is 0.0652. The van der Waals surface area contributed by atoms with E-state index in [1.54, 1.807) is 0 Å². The lowest BCUT2D eigenvalue weighted by Gasteiger charge is -2.13. The Morgan fingerprint density at radius 2 is 2.16 bits per heavy atom. The first-order valence-electron chi connectivity index (χ1n) is 5.98. The number of carboxylic acid groups (broad SMARTS) is 1. The summed E-state index contributed by atoms with van der Waals surface area (Å²) in [4.78, 5) is 10.8. The topological polar surface area (TPSA) is 72.6 Å². The predicted molar refractivity (Wildman–Crippen MR) is 69.5 cm³/mol. The number of benzene rings is 1. The molecule has 1 aromatic heterocycles. The summed E-state index contributed by atoms with van der Waals surface area (Å²) in [5, 5.41) is 12.6. The summed E-state index contributed by atoms with van der Waals surface area (Å²) < 4.78 is 10.4. The molecule has 0 amide bonds. The Kier molecular flexibility index (Phi) is 3.55. The fraction of sp³-hybridized carbons (Fsp3) is 0.286. The van der Waals surface area contributed by atoms with Gasteiger partial charge in [-0.15, -0.1) is 0 Å². The Bertz CT molecular complexity index is 616. The van der Waals surface area contributed by atoms with Gasteiger partial charge in [-0.2, -0.15) is 0 Å². The minimum Gasteiger partial charge on any atom is -0.493 e. The van der Waals surface area contributed by atoms with E-state index in [0.717, 1.165) is 16.7 Å². The molecule has 19 heavy (non-hydrogen) atoms. The van der Waals surface area contributed by atoms with Gasteiger partial charge in [-0.1, -0.05) is 11.2 Å². The number of aromatic carboxylic acids is 1. The molecule has 100 valence electrons. The van der Waals surface area contributed by atoms with Crippen LogP contribution in [-0.4, -0.2) is 22.8 Å². The van der Waals surface area contributed by atoms with Crippen LogP contribution in [0.1, 0.15) is 28.6 Å². The molecule has 5 nitrogen and oxygen atoms in total. The maximum absolute atomic E-state index is 10.8. The summed E-state index contributed by atoms with van der Waals surface area (Å²) in [5.41, 5.74) is 3.32. The third-order valence-corrected chi connectivity index (χ3v) is 2.96. The normalized spacial score (nSPS) is 10.5. The Hall–Kier alpha value is -2.30. The van der Waals surface area contributed by atoms with Crippen molar-refractivity contribution < 1.29 is 19.2 Å². The van der Waals surface area contributed by atoms with Gasteiger partial charge in [0.25, 0.3) is 0 Å². The van der Waals surface area contributed by atoms with E-state index in [1.165, 1.54) is 6.07 Å². The van der Waals surface area contributed by atoms with Crippen LogP contribution >= 0.6 is 0 Å². The average Bonchev–Trinajstić information content (AvgIpc) is 2.85. The number of rotatable bonds is 4. The van der Waals surface area contributed by atoms with Gasteiger partial charge in [0.05, 0.1) is 6.61 Å². The Morgan fingerprint density at radius 3 is 2.74 bits per heavy atom. The van der Waals surface area contributed by atoms with Gasteiger partial charge in [-0.3, -0.25) is 0 Å². The summed E-state index contributed by atoms with van der Waals surface area (Å²) >= 11 is 0. The van der Waals surface area contributed by atoms with Crippen molar-refractivity contribution in [1.29, 1.82) is 0 Å². The number of ether oxygens (including phenoxy) is 1. The van der Waals surface area contributed by atoms with Crippen LogP contribution in [0.5, 0.6) is 5.75 Å². The van der Waals surface area contributed by atoms with E-state index in [0.29, 0.717) is 18.1 Å². The molecule has 2 rings (SSSR count). The molecule has 0 fully saturated rings. The minimum atomic E-state index is -1.14.